The number of carbonyl (C=O) groups excluding carboxylic acids is 2. The van der Waals surface area contributed by atoms with Gasteiger partial charge in [-0.05, 0) is 25.0 Å². The van der Waals surface area contributed by atoms with E-state index in [1.807, 2.05) is 35.2 Å². The molecule has 2 aromatic rings. The third kappa shape index (κ3) is 3.70. The maximum Gasteiger partial charge on any atom is 0.308 e. The van der Waals surface area contributed by atoms with E-state index in [0.717, 1.165) is 15.8 Å². The number of pyridine rings is 1. The Balaban J connectivity index is 1.57. The van der Waals surface area contributed by atoms with Crippen LogP contribution in [0, 0.1) is 5.92 Å². The van der Waals surface area contributed by atoms with Gasteiger partial charge < -0.3 is 9.64 Å². The first-order valence-electron chi connectivity index (χ1n) is 8.01. The summed E-state index contributed by atoms with van der Waals surface area (Å²) in [4.78, 5) is 31.2. The van der Waals surface area contributed by atoms with Gasteiger partial charge in [0.05, 0.1) is 24.3 Å². The summed E-state index contributed by atoms with van der Waals surface area (Å²) in [6.07, 6.45) is 3.14. The first-order chi connectivity index (χ1) is 11.7. The Labute approximate surface area is 145 Å². The van der Waals surface area contributed by atoms with E-state index in [1.54, 1.807) is 18.0 Å². The van der Waals surface area contributed by atoms with E-state index in [9.17, 15) is 9.59 Å². The fraction of sp³-hybridized carbons (Fsp3) is 0.389. The van der Waals surface area contributed by atoms with Crippen LogP contribution in [0.15, 0.2) is 41.4 Å². The van der Waals surface area contributed by atoms with Crippen molar-refractivity contribution in [2.24, 2.45) is 5.92 Å². The number of ether oxygens (including phenoxy) is 1. The lowest BCUT2D eigenvalue weighted by Crippen LogP contribution is -2.41. The highest BCUT2D eigenvalue weighted by Crippen LogP contribution is 2.27. The molecule has 1 aromatic carbocycles. The number of hydrogen-bond acceptors (Lipinski definition) is 5. The van der Waals surface area contributed by atoms with E-state index in [2.05, 4.69) is 4.98 Å². The molecule has 0 bridgehead atoms. The summed E-state index contributed by atoms with van der Waals surface area (Å²) in [5.41, 5.74) is 0.939. The first-order valence-corrected chi connectivity index (χ1v) is 8.99. The zero-order valence-electron chi connectivity index (χ0n) is 13.6. The van der Waals surface area contributed by atoms with Gasteiger partial charge in [-0.2, -0.15) is 0 Å². The maximum absolute atomic E-state index is 12.4. The van der Waals surface area contributed by atoms with Gasteiger partial charge in [0, 0.05) is 29.6 Å². The second kappa shape index (κ2) is 7.66. The summed E-state index contributed by atoms with van der Waals surface area (Å²) in [5, 5.41) is 1.07. The number of rotatable bonds is 4. The Kier molecular flexibility index (Phi) is 5.35. The minimum absolute atomic E-state index is 0.0733. The molecule has 126 valence electrons. The second-order valence-electron chi connectivity index (χ2n) is 5.79. The molecule has 5 nitrogen and oxygen atoms in total. The van der Waals surface area contributed by atoms with E-state index >= 15 is 0 Å². The molecule has 0 aliphatic carbocycles. The number of carbonyl (C=O) groups is 2. The van der Waals surface area contributed by atoms with Crippen LogP contribution in [0.1, 0.15) is 12.8 Å². The molecule has 0 unspecified atom stereocenters. The number of methoxy groups -OCH3 is 1. The number of fused-ring (bicyclic) bond motifs is 1. The van der Waals surface area contributed by atoms with Crippen molar-refractivity contribution in [3.05, 3.63) is 36.5 Å². The summed E-state index contributed by atoms with van der Waals surface area (Å²) < 4.78 is 4.78. The molecular weight excluding hydrogens is 324 g/mol. The molecule has 24 heavy (non-hydrogen) atoms. The third-order valence-electron chi connectivity index (χ3n) is 4.34. The Hall–Kier alpha value is -2.08. The van der Waals surface area contributed by atoms with Crippen LogP contribution in [0.2, 0.25) is 0 Å². The van der Waals surface area contributed by atoms with E-state index in [4.69, 9.17) is 4.74 Å². The molecule has 1 amide bonds. The van der Waals surface area contributed by atoms with Gasteiger partial charge in [0.15, 0.2) is 0 Å². The van der Waals surface area contributed by atoms with Gasteiger partial charge in [-0.25, -0.2) is 0 Å². The minimum Gasteiger partial charge on any atom is -0.469 e. The highest BCUT2D eigenvalue weighted by atomic mass is 32.2. The first kappa shape index (κ1) is 16.8. The summed E-state index contributed by atoms with van der Waals surface area (Å²) in [6.45, 7) is 1.24. The number of para-hydroxylation sites is 1. The average molecular weight is 344 g/mol. The van der Waals surface area contributed by atoms with Gasteiger partial charge in [0.1, 0.15) is 0 Å². The molecule has 0 atom stereocenters. The molecular formula is C18H20N2O3S. The van der Waals surface area contributed by atoms with Crippen LogP contribution in [0.4, 0.5) is 0 Å². The maximum atomic E-state index is 12.4. The largest absolute Gasteiger partial charge is 0.469 e. The smallest absolute Gasteiger partial charge is 0.308 e. The fourth-order valence-corrected chi connectivity index (χ4v) is 3.90. The molecule has 6 heteroatoms. The van der Waals surface area contributed by atoms with Crippen molar-refractivity contribution >= 4 is 34.5 Å². The topological polar surface area (TPSA) is 59.5 Å². The Morgan fingerprint density at radius 3 is 2.75 bits per heavy atom. The normalized spacial score (nSPS) is 15.5. The molecule has 1 fully saturated rings. The number of hydrogen-bond donors (Lipinski definition) is 0. The number of benzene rings is 1. The second-order valence-corrected chi connectivity index (χ2v) is 6.81. The number of thioether (sulfide) groups is 1. The van der Waals surface area contributed by atoms with Crippen molar-refractivity contribution in [3.8, 4) is 0 Å². The summed E-state index contributed by atoms with van der Waals surface area (Å²) >= 11 is 1.54. The molecule has 1 aliphatic rings. The van der Waals surface area contributed by atoms with Gasteiger partial charge in [-0.15, -0.1) is 11.8 Å². The van der Waals surface area contributed by atoms with Crippen LogP contribution in [-0.2, 0) is 14.3 Å². The van der Waals surface area contributed by atoms with Gasteiger partial charge in [-0.1, -0.05) is 18.2 Å². The van der Waals surface area contributed by atoms with Crippen molar-refractivity contribution in [2.75, 3.05) is 26.0 Å². The number of likely N-dealkylation sites (tertiary alicyclic amines) is 1. The lowest BCUT2D eigenvalue weighted by Gasteiger charge is -2.30. The van der Waals surface area contributed by atoms with Crippen LogP contribution in [-0.4, -0.2) is 47.7 Å². The van der Waals surface area contributed by atoms with E-state index < -0.39 is 0 Å². The average Bonchev–Trinajstić information content (AvgIpc) is 2.65. The van der Waals surface area contributed by atoms with Gasteiger partial charge in [-0.3, -0.25) is 14.6 Å². The third-order valence-corrected chi connectivity index (χ3v) is 5.40. The predicted molar refractivity (Wildman–Crippen MR) is 93.8 cm³/mol. The standard InChI is InChI=1S/C18H20N2O3S/c1-23-18(22)13-7-10-20(11-8-13)17(21)12-24-16-6-9-19-15-5-3-2-4-14(15)16/h2-6,9,13H,7-8,10-12H2,1H3. The molecule has 1 saturated heterocycles. The molecule has 0 spiro atoms. The number of piperidine rings is 1. The number of amides is 1. The highest BCUT2D eigenvalue weighted by molar-refractivity contribution is 8.00. The molecule has 0 N–H and O–H groups in total. The number of aromatic nitrogens is 1. The van der Waals surface area contributed by atoms with Crippen molar-refractivity contribution < 1.29 is 14.3 Å². The summed E-state index contributed by atoms with van der Waals surface area (Å²) in [5.74, 6) is 0.274. The highest BCUT2D eigenvalue weighted by Gasteiger charge is 2.27. The summed E-state index contributed by atoms with van der Waals surface area (Å²) in [6, 6.07) is 9.88. The van der Waals surface area contributed by atoms with E-state index in [0.29, 0.717) is 31.7 Å². The quantitative estimate of drug-likeness (QED) is 0.630. The van der Waals surface area contributed by atoms with Crippen molar-refractivity contribution in [1.82, 2.24) is 9.88 Å². The molecule has 1 aliphatic heterocycles. The van der Waals surface area contributed by atoms with Gasteiger partial charge >= 0.3 is 5.97 Å². The number of nitrogens with zero attached hydrogens (tertiary/aromatic N) is 2. The summed E-state index contributed by atoms with van der Waals surface area (Å²) in [7, 11) is 1.41. The minimum atomic E-state index is -0.167. The Morgan fingerprint density at radius 2 is 2.00 bits per heavy atom. The Bertz CT molecular complexity index is 737. The van der Waals surface area contributed by atoms with Crippen molar-refractivity contribution in [2.45, 2.75) is 17.7 Å². The van der Waals surface area contributed by atoms with Crippen LogP contribution in [0.5, 0.6) is 0 Å². The zero-order chi connectivity index (χ0) is 16.9. The Morgan fingerprint density at radius 1 is 1.25 bits per heavy atom. The molecule has 1 aromatic heterocycles. The van der Waals surface area contributed by atoms with Crippen molar-refractivity contribution in [1.29, 1.82) is 0 Å². The molecule has 0 saturated carbocycles. The lowest BCUT2D eigenvalue weighted by atomic mass is 9.97. The van der Waals surface area contributed by atoms with Gasteiger partial charge in [0.25, 0.3) is 0 Å². The lowest BCUT2D eigenvalue weighted by molar-refractivity contribution is -0.148. The van der Waals surface area contributed by atoms with Crippen molar-refractivity contribution in [3.63, 3.8) is 0 Å². The molecule has 3 rings (SSSR count). The number of esters is 1. The van der Waals surface area contributed by atoms with E-state index in [-0.39, 0.29) is 17.8 Å². The van der Waals surface area contributed by atoms with Crippen LogP contribution >= 0.6 is 11.8 Å². The molecule has 2 heterocycles. The fourth-order valence-electron chi connectivity index (χ4n) is 2.96. The molecule has 0 radical (unpaired) electrons. The van der Waals surface area contributed by atoms with Crippen LogP contribution in [0.3, 0.4) is 0 Å². The van der Waals surface area contributed by atoms with E-state index in [1.165, 1.54) is 7.11 Å². The van der Waals surface area contributed by atoms with Gasteiger partial charge in [0.2, 0.25) is 5.91 Å². The monoisotopic (exact) mass is 344 g/mol. The van der Waals surface area contributed by atoms with Crippen LogP contribution < -0.4 is 0 Å². The SMILES string of the molecule is COC(=O)C1CCN(C(=O)CSc2ccnc3ccccc23)CC1. The van der Waals surface area contributed by atoms with Crippen LogP contribution in [0.25, 0.3) is 10.9 Å². The zero-order valence-corrected chi connectivity index (χ0v) is 14.4. The predicted octanol–water partition coefficient (Wildman–Crippen LogP) is 2.74.